The van der Waals surface area contributed by atoms with Crippen LogP contribution in [0.25, 0.3) is 0 Å². The summed E-state index contributed by atoms with van der Waals surface area (Å²) in [5, 5.41) is 6.10. The molecule has 0 spiro atoms. The molecular formula is C16H28N4O4S. The molecule has 1 aromatic heterocycles. The predicted octanol–water partition coefficient (Wildman–Crippen LogP) is 0.823. The monoisotopic (exact) mass is 372 g/mol. The van der Waals surface area contributed by atoms with Crippen molar-refractivity contribution in [3.8, 4) is 0 Å². The summed E-state index contributed by atoms with van der Waals surface area (Å²) in [5.74, 6) is 1.29. The maximum Gasteiger partial charge on any atom is 0.213 e. The van der Waals surface area contributed by atoms with Crippen LogP contribution in [-0.2, 0) is 21.3 Å². The molecule has 0 saturated carbocycles. The molecule has 9 heteroatoms. The molecule has 25 heavy (non-hydrogen) atoms. The van der Waals surface area contributed by atoms with E-state index in [1.807, 2.05) is 13.0 Å². The smallest absolute Gasteiger partial charge is 0.213 e. The van der Waals surface area contributed by atoms with E-state index in [4.69, 9.17) is 9.15 Å². The number of hydrogen-bond acceptors (Lipinski definition) is 5. The zero-order valence-corrected chi connectivity index (χ0v) is 15.5. The highest BCUT2D eigenvalue weighted by Crippen LogP contribution is 2.11. The van der Waals surface area contributed by atoms with Crippen LogP contribution < -0.4 is 15.4 Å². The lowest BCUT2D eigenvalue weighted by molar-refractivity contribution is 0.0200. The van der Waals surface area contributed by atoms with E-state index in [0.717, 1.165) is 25.0 Å². The van der Waals surface area contributed by atoms with E-state index in [2.05, 4.69) is 20.3 Å². The van der Waals surface area contributed by atoms with Gasteiger partial charge in [-0.3, -0.25) is 0 Å². The number of hydrogen-bond donors (Lipinski definition) is 3. The maximum absolute atomic E-state index is 12.1. The molecule has 8 nitrogen and oxygen atoms in total. The standard InChI is InChI=1S/C16H28N4O4S/c1-2-17-16(19-12-14-7-5-10-24-14)18-8-11-25(21,22)20-13-15-6-3-4-9-23-15/h5,7,10,15,20H,2-4,6,8-9,11-13H2,1H3,(H2,17,18,19). The van der Waals surface area contributed by atoms with Crippen LogP contribution in [0.3, 0.4) is 0 Å². The summed E-state index contributed by atoms with van der Waals surface area (Å²) >= 11 is 0. The zero-order chi connectivity index (χ0) is 18.0. The third kappa shape index (κ3) is 7.89. The van der Waals surface area contributed by atoms with Crippen LogP contribution in [0.15, 0.2) is 27.8 Å². The fraction of sp³-hybridized carbons (Fsp3) is 0.688. The normalized spacial score (nSPS) is 18.9. The zero-order valence-electron chi connectivity index (χ0n) is 14.7. The number of nitrogens with zero attached hydrogens (tertiary/aromatic N) is 1. The summed E-state index contributed by atoms with van der Waals surface area (Å²) < 4.78 is 37.5. The first-order valence-electron chi connectivity index (χ1n) is 8.72. The van der Waals surface area contributed by atoms with E-state index < -0.39 is 10.0 Å². The molecular weight excluding hydrogens is 344 g/mol. The van der Waals surface area contributed by atoms with Crippen LogP contribution in [-0.4, -0.2) is 52.5 Å². The van der Waals surface area contributed by atoms with Gasteiger partial charge in [-0.1, -0.05) is 0 Å². The molecule has 0 aromatic carbocycles. The van der Waals surface area contributed by atoms with Gasteiger partial charge in [0.25, 0.3) is 0 Å². The molecule has 2 heterocycles. The molecule has 0 bridgehead atoms. The van der Waals surface area contributed by atoms with Crippen molar-refractivity contribution < 1.29 is 17.6 Å². The average Bonchev–Trinajstić information content (AvgIpc) is 3.12. The molecule has 0 radical (unpaired) electrons. The second-order valence-corrected chi connectivity index (χ2v) is 7.78. The quantitative estimate of drug-likeness (QED) is 0.438. The fourth-order valence-electron chi connectivity index (χ4n) is 2.47. The van der Waals surface area contributed by atoms with E-state index in [0.29, 0.717) is 32.2 Å². The van der Waals surface area contributed by atoms with Crippen molar-refractivity contribution in [2.75, 3.05) is 32.0 Å². The predicted molar refractivity (Wildman–Crippen MR) is 96.9 cm³/mol. The van der Waals surface area contributed by atoms with Gasteiger partial charge in [-0.15, -0.1) is 0 Å². The summed E-state index contributed by atoms with van der Waals surface area (Å²) in [6.07, 6.45) is 4.64. The lowest BCUT2D eigenvalue weighted by Gasteiger charge is -2.22. The summed E-state index contributed by atoms with van der Waals surface area (Å²) in [6.45, 7) is 4.36. The van der Waals surface area contributed by atoms with Crippen LogP contribution in [0.5, 0.6) is 0 Å². The van der Waals surface area contributed by atoms with Gasteiger partial charge in [0.15, 0.2) is 5.96 Å². The van der Waals surface area contributed by atoms with E-state index in [-0.39, 0.29) is 18.4 Å². The van der Waals surface area contributed by atoms with Crippen LogP contribution in [0, 0.1) is 0 Å². The number of nitrogens with one attached hydrogen (secondary N) is 3. The molecule has 2 rings (SSSR count). The molecule has 3 N–H and O–H groups in total. The number of furan rings is 1. The molecule has 1 aliphatic heterocycles. The SMILES string of the molecule is CCNC(=NCc1ccco1)NCCS(=O)(=O)NCC1CCCCO1. The topological polar surface area (TPSA) is 105 Å². The van der Waals surface area contributed by atoms with Crippen molar-refractivity contribution in [3.63, 3.8) is 0 Å². The minimum absolute atomic E-state index is 0.0105. The highest BCUT2D eigenvalue weighted by Gasteiger charge is 2.17. The molecule has 1 saturated heterocycles. The number of aliphatic imine (C=N–C) groups is 1. The highest BCUT2D eigenvalue weighted by molar-refractivity contribution is 7.89. The Labute approximate surface area is 149 Å². The number of guanidine groups is 1. The maximum atomic E-state index is 12.1. The van der Waals surface area contributed by atoms with Crippen LogP contribution >= 0.6 is 0 Å². The minimum atomic E-state index is -3.34. The molecule has 142 valence electrons. The lowest BCUT2D eigenvalue weighted by atomic mass is 10.1. The van der Waals surface area contributed by atoms with E-state index in [1.165, 1.54) is 0 Å². The third-order valence-electron chi connectivity index (χ3n) is 3.79. The number of sulfonamides is 1. The number of rotatable bonds is 9. The van der Waals surface area contributed by atoms with E-state index in [1.54, 1.807) is 12.3 Å². The summed E-state index contributed by atoms with van der Waals surface area (Å²) in [5.41, 5.74) is 0. The first-order chi connectivity index (χ1) is 12.1. The second-order valence-electron chi connectivity index (χ2n) is 5.86. The van der Waals surface area contributed by atoms with Gasteiger partial charge in [-0.2, -0.15) is 0 Å². The average molecular weight is 372 g/mol. The van der Waals surface area contributed by atoms with E-state index >= 15 is 0 Å². The summed E-state index contributed by atoms with van der Waals surface area (Å²) in [7, 11) is -3.34. The van der Waals surface area contributed by atoms with E-state index in [9.17, 15) is 8.42 Å². The van der Waals surface area contributed by atoms with Crippen molar-refractivity contribution in [2.45, 2.75) is 38.8 Å². The van der Waals surface area contributed by atoms with Gasteiger partial charge in [0.2, 0.25) is 10.0 Å². The van der Waals surface area contributed by atoms with Crippen LogP contribution in [0.2, 0.25) is 0 Å². The molecule has 1 fully saturated rings. The summed E-state index contributed by atoms with van der Waals surface area (Å²) in [4.78, 5) is 4.36. The Hall–Kier alpha value is -1.58. The van der Waals surface area contributed by atoms with Crippen molar-refractivity contribution in [3.05, 3.63) is 24.2 Å². The first kappa shape index (κ1) is 19.7. The molecule has 1 aromatic rings. The van der Waals surface area contributed by atoms with Gasteiger partial charge in [-0.05, 0) is 38.3 Å². The third-order valence-corrected chi connectivity index (χ3v) is 5.13. The molecule has 1 atom stereocenters. The van der Waals surface area contributed by atoms with Crippen molar-refractivity contribution >= 4 is 16.0 Å². The largest absolute Gasteiger partial charge is 0.467 e. The first-order valence-corrected chi connectivity index (χ1v) is 10.4. The van der Waals surface area contributed by atoms with Gasteiger partial charge < -0.3 is 19.8 Å². The van der Waals surface area contributed by atoms with Crippen molar-refractivity contribution in [2.24, 2.45) is 4.99 Å². The Balaban J connectivity index is 1.72. The van der Waals surface area contributed by atoms with Gasteiger partial charge in [-0.25, -0.2) is 18.1 Å². The Bertz CT molecular complexity index is 610. The van der Waals surface area contributed by atoms with Crippen LogP contribution in [0.1, 0.15) is 31.9 Å². The van der Waals surface area contributed by atoms with Gasteiger partial charge in [0, 0.05) is 26.2 Å². The molecule has 0 amide bonds. The Morgan fingerprint density at radius 2 is 2.24 bits per heavy atom. The minimum Gasteiger partial charge on any atom is -0.467 e. The lowest BCUT2D eigenvalue weighted by Crippen LogP contribution is -2.42. The second kappa shape index (κ2) is 10.4. The van der Waals surface area contributed by atoms with Gasteiger partial charge in [0.1, 0.15) is 12.3 Å². The van der Waals surface area contributed by atoms with Crippen molar-refractivity contribution in [1.82, 2.24) is 15.4 Å². The van der Waals surface area contributed by atoms with Gasteiger partial charge in [0.05, 0.1) is 18.1 Å². The Morgan fingerprint density at radius 1 is 1.36 bits per heavy atom. The number of ether oxygens (including phenoxy) is 1. The fourth-order valence-corrected chi connectivity index (χ4v) is 3.42. The van der Waals surface area contributed by atoms with Crippen molar-refractivity contribution in [1.29, 1.82) is 0 Å². The van der Waals surface area contributed by atoms with Crippen LogP contribution in [0.4, 0.5) is 0 Å². The Kier molecular flexibility index (Phi) is 8.23. The molecule has 1 aliphatic rings. The molecule has 1 unspecified atom stereocenters. The molecule has 0 aliphatic carbocycles. The Morgan fingerprint density at radius 3 is 2.92 bits per heavy atom. The highest BCUT2D eigenvalue weighted by atomic mass is 32.2. The van der Waals surface area contributed by atoms with Gasteiger partial charge >= 0.3 is 0 Å². The summed E-state index contributed by atoms with van der Waals surface area (Å²) in [6, 6.07) is 3.65.